The average molecular weight is 106 g/mol. The molecule has 0 atom stereocenters. The van der Waals surface area contributed by atoms with E-state index >= 15 is 0 Å². The van der Waals surface area contributed by atoms with Gasteiger partial charge in [-0.25, -0.2) is 0 Å². The van der Waals surface area contributed by atoms with Crippen LogP contribution in [0.4, 0.5) is 0 Å². The predicted molar refractivity (Wildman–Crippen MR) is 18.4 cm³/mol. The van der Waals surface area contributed by atoms with Gasteiger partial charge in [-0.2, -0.15) is 0 Å². The molecule has 0 saturated carbocycles. The molecule has 4 heteroatoms. The van der Waals surface area contributed by atoms with Gasteiger partial charge in [-0.05, 0) is 0 Å². The Morgan fingerprint density at radius 1 is 1.67 bits per heavy atom. The van der Waals surface area contributed by atoms with Gasteiger partial charge >= 0.3 is 0 Å². The molecule has 34 valence electrons. The van der Waals surface area contributed by atoms with E-state index in [9.17, 15) is 4.57 Å². The lowest BCUT2D eigenvalue weighted by Crippen LogP contribution is -2.24. The molecule has 1 rings (SSSR count). The second-order valence-corrected chi connectivity index (χ2v) is 1.50. The third-order valence-corrected chi connectivity index (χ3v) is 0.978. The van der Waals surface area contributed by atoms with Crippen LogP contribution < -0.4 is 0 Å². The van der Waals surface area contributed by atoms with Gasteiger partial charge in [-0.15, -0.1) is 0 Å². The van der Waals surface area contributed by atoms with Crippen molar-refractivity contribution in [2.24, 2.45) is 0 Å². The van der Waals surface area contributed by atoms with Crippen molar-refractivity contribution >= 4 is 8.46 Å². The summed E-state index contributed by atoms with van der Waals surface area (Å²) in [5.74, 6) is 0. The van der Waals surface area contributed by atoms with E-state index in [1.54, 1.807) is 0 Å². The highest BCUT2D eigenvalue weighted by Crippen LogP contribution is 2.16. The minimum absolute atomic E-state index is 0.0795. The van der Waals surface area contributed by atoms with Crippen LogP contribution in [0.2, 0.25) is 0 Å². The van der Waals surface area contributed by atoms with Crippen molar-refractivity contribution in [2.75, 3.05) is 6.79 Å². The summed E-state index contributed by atoms with van der Waals surface area (Å²) < 4.78 is 18.7. The van der Waals surface area contributed by atoms with Crippen molar-refractivity contribution in [1.29, 1.82) is 0 Å². The first-order valence-electron chi connectivity index (χ1n) is 1.49. The Hall–Kier alpha value is 0.0200. The minimum Gasteiger partial charge on any atom is -0.316 e. The molecule has 1 heterocycles. The van der Waals surface area contributed by atoms with E-state index in [1.807, 2.05) is 0 Å². The van der Waals surface area contributed by atoms with Gasteiger partial charge in [0.15, 0.2) is 6.79 Å². The maximum absolute atomic E-state index is 9.63. The van der Waals surface area contributed by atoms with E-state index in [1.165, 1.54) is 0 Å². The lowest BCUT2D eigenvalue weighted by molar-refractivity contribution is -0.274. The first-order valence-corrected chi connectivity index (χ1v) is 2.37. The summed E-state index contributed by atoms with van der Waals surface area (Å²) in [6.07, 6.45) is 0. The highest BCUT2D eigenvalue weighted by Gasteiger charge is 2.17. The molecule has 0 bridgehead atoms. The first kappa shape index (κ1) is 4.19. The van der Waals surface area contributed by atoms with Gasteiger partial charge in [0.05, 0.1) is 0 Å². The van der Waals surface area contributed by atoms with Gasteiger partial charge in [-0.3, -0.25) is 4.57 Å². The predicted octanol–water partition coefficient (Wildman–Crippen LogP) is 0.566. The van der Waals surface area contributed by atoms with Crippen LogP contribution in [0.1, 0.15) is 0 Å². The Morgan fingerprint density at radius 2 is 2.33 bits per heavy atom. The number of ether oxygens (including phenoxy) is 2. The molecule has 0 aliphatic carbocycles. The molecule has 1 saturated heterocycles. The van der Waals surface area contributed by atoms with Gasteiger partial charge < -0.3 is 9.47 Å². The standard InChI is InChI=1S/C2H3O3P/c3-6-2-4-1-5-2/h2H,1H2. The third-order valence-electron chi connectivity index (χ3n) is 0.507. The Morgan fingerprint density at radius 3 is 2.33 bits per heavy atom. The Bertz CT molecular complexity index is 59.8. The molecule has 0 aromatic heterocycles. The molecule has 0 unspecified atom stereocenters. The highest BCUT2D eigenvalue weighted by atomic mass is 31.1. The lowest BCUT2D eigenvalue weighted by Gasteiger charge is -2.19. The Balaban J connectivity index is 2.16. The number of rotatable bonds is 1. The summed E-state index contributed by atoms with van der Waals surface area (Å²) in [5, 5.41) is 0. The van der Waals surface area contributed by atoms with Crippen LogP contribution in [0.5, 0.6) is 0 Å². The van der Waals surface area contributed by atoms with Gasteiger partial charge in [0, 0.05) is 0 Å². The van der Waals surface area contributed by atoms with Crippen molar-refractivity contribution in [3.63, 3.8) is 0 Å². The third kappa shape index (κ3) is 0.570. The van der Waals surface area contributed by atoms with E-state index in [-0.39, 0.29) is 8.46 Å². The summed E-state index contributed by atoms with van der Waals surface area (Å²) in [6, 6.07) is -0.468. The van der Waals surface area contributed by atoms with E-state index in [0.29, 0.717) is 6.79 Å². The van der Waals surface area contributed by atoms with Crippen LogP contribution in [0.15, 0.2) is 0 Å². The molecule has 6 heavy (non-hydrogen) atoms. The zero-order valence-electron chi connectivity index (χ0n) is 2.96. The van der Waals surface area contributed by atoms with Crippen LogP contribution in [0, 0.1) is 0 Å². The van der Waals surface area contributed by atoms with E-state index in [2.05, 4.69) is 9.47 Å². The molecule has 0 amide bonds. The molecule has 3 nitrogen and oxygen atoms in total. The normalized spacial score (nSPS) is 24.0. The summed E-state index contributed by atoms with van der Waals surface area (Å²) in [5.41, 5.74) is 0. The molecule has 1 fully saturated rings. The molecule has 0 N–H and O–H groups in total. The van der Waals surface area contributed by atoms with Crippen LogP contribution in [-0.2, 0) is 14.0 Å². The fourth-order valence-corrected chi connectivity index (χ4v) is 0.433. The van der Waals surface area contributed by atoms with Crippen LogP contribution in [-0.4, -0.2) is 12.8 Å². The molecular formula is C2H3O3P. The minimum atomic E-state index is -0.468. The molecule has 1 aliphatic heterocycles. The lowest BCUT2D eigenvalue weighted by atomic mass is 11.2. The summed E-state index contributed by atoms with van der Waals surface area (Å²) in [6.45, 7) is 0.292. The average Bonchev–Trinajstić information content (AvgIpc) is 1.31. The smallest absolute Gasteiger partial charge is 0.244 e. The highest BCUT2D eigenvalue weighted by molar-refractivity contribution is 7.24. The summed E-state index contributed by atoms with van der Waals surface area (Å²) in [7, 11) is -0.0795. The zero-order chi connectivity index (χ0) is 4.41. The molecule has 0 radical (unpaired) electrons. The second-order valence-electron chi connectivity index (χ2n) is 0.864. The van der Waals surface area contributed by atoms with Crippen molar-refractivity contribution in [3.05, 3.63) is 0 Å². The largest absolute Gasteiger partial charge is 0.316 e. The second kappa shape index (κ2) is 1.65. The molecule has 0 aromatic rings. The Kier molecular flexibility index (Phi) is 1.15. The van der Waals surface area contributed by atoms with Crippen LogP contribution >= 0.6 is 8.46 Å². The van der Waals surface area contributed by atoms with E-state index in [0.717, 1.165) is 0 Å². The Labute approximate surface area is 36.4 Å². The molecule has 1 aliphatic rings. The summed E-state index contributed by atoms with van der Waals surface area (Å²) >= 11 is 0. The molecule has 0 aromatic carbocycles. The fraction of sp³-hybridized carbons (Fsp3) is 1.00. The van der Waals surface area contributed by atoms with Crippen molar-refractivity contribution in [2.45, 2.75) is 6.03 Å². The zero-order valence-corrected chi connectivity index (χ0v) is 3.85. The van der Waals surface area contributed by atoms with Crippen molar-refractivity contribution < 1.29 is 14.0 Å². The molecule has 0 spiro atoms. The van der Waals surface area contributed by atoms with Gasteiger partial charge in [0.25, 0.3) is 0 Å². The SMILES string of the molecule is O=PC1OCO1. The first-order chi connectivity index (χ1) is 2.93. The monoisotopic (exact) mass is 106 g/mol. The topological polar surface area (TPSA) is 35.5 Å². The number of hydrogen-bond acceptors (Lipinski definition) is 3. The van der Waals surface area contributed by atoms with Gasteiger partial charge in [0.2, 0.25) is 14.5 Å². The summed E-state index contributed by atoms with van der Waals surface area (Å²) in [4.78, 5) is 0. The fourth-order valence-electron chi connectivity index (χ4n) is 0.190. The van der Waals surface area contributed by atoms with Crippen molar-refractivity contribution in [3.8, 4) is 0 Å². The molecular weight excluding hydrogens is 103 g/mol. The van der Waals surface area contributed by atoms with Gasteiger partial charge in [-0.1, -0.05) is 0 Å². The quantitative estimate of drug-likeness (QED) is 0.458. The van der Waals surface area contributed by atoms with Crippen LogP contribution in [0.3, 0.4) is 0 Å². The maximum atomic E-state index is 9.63. The van der Waals surface area contributed by atoms with E-state index < -0.39 is 6.03 Å². The van der Waals surface area contributed by atoms with Crippen LogP contribution in [0.25, 0.3) is 0 Å². The van der Waals surface area contributed by atoms with E-state index in [4.69, 9.17) is 0 Å². The van der Waals surface area contributed by atoms with Crippen molar-refractivity contribution in [1.82, 2.24) is 0 Å². The van der Waals surface area contributed by atoms with Gasteiger partial charge in [0.1, 0.15) is 0 Å². The number of hydrogen-bond donors (Lipinski definition) is 0. The maximum Gasteiger partial charge on any atom is 0.244 e.